The molecule has 0 aliphatic carbocycles. The van der Waals surface area contributed by atoms with Crippen LogP contribution in [0.4, 0.5) is 5.69 Å². The van der Waals surface area contributed by atoms with Crippen molar-refractivity contribution in [2.45, 2.75) is 19.3 Å². The summed E-state index contributed by atoms with van der Waals surface area (Å²) >= 11 is 0. The maximum atomic E-state index is 11.8. The number of carboxylic acids is 1. The van der Waals surface area contributed by atoms with Gasteiger partial charge in [-0.2, -0.15) is 0 Å². The average molecular weight is 273 g/mol. The molecule has 2 N–H and O–H groups in total. The maximum Gasteiger partial charge on any atom is 0.303 e. The molecule has 2 rings (SSSR count). The van der Waals surface area contributed by atoms with Crippen LogP contribution in [0.15, 0.2) is 47.3 Å². The quantitative estimate of drug-likeness (QED) is 0.877. The third-order valence-corrected chi connectivity index (χ3v) is 3.00. The highest BCUT2D eigenvalue weighted by Gasteiger charge is 2.11. The molecule has 0 saturated heterocycles. The summed E-state index contributed by atoms with van der Waals surface area (Å²) in [5.41, 5.74) is 2.03. The van der Waals surface area contributed by atoms with Gasteiger partial charge < -0.3 is 14.8 Å². The molecule has 1 unspecified atom stereocenters. The van der Waals surface area contributed by atoms with Crippen molar-refractivity contribution in [1.82, 2.24) is 0 Å². The van der Waals surface area contributed by atoms with Crippen LogP contribution in [0.5, 0.6) is 0 Å². The van der Waals surface area contributed by atoms with E-state index in [1.165, 1.54) is 12.5 Å². The Labute approximate surface area is 116 Å². The van der Waals surface area contributed by atoms with Crippen molar-refractivity contribution < 1.29 is 19.1 Å². The van der Waals surface area contributed by atoms with Gasteiger partial charge in [0.25, 0.3) is 5.91 Å². The Kier molecular flexibility index (Phi) is 4.20. The van der Waals surface area contributed by atoms with Gasteiger partial charge in [-0.15, -0.1) is 0 Å². The van der Waals surface area contributed by atoms with E-state index in [1.807, 2.05) is 19.1 Å². The first-order valence-corrected chi connectivity index (χ1v) is 6.21. The van der Waals surface area contributed by atoms with Gasteiger partial charge in [0.2, 0.25) is 0 Å². The van der Waals surface area contributed by atoms with Crippen LogP contribution >= 0.6 is 0 Å². The van der Waals surface area contributed by atoms with E-state index in [1.54, 1.807) is 18.2 Å². The Morgan fingerprint density at radius 1 is 1.25 bits per heavy atom. The van der Waals surface area contributed by atoms with E-state index in [-0.39, 0.29) is 18.2 Å². The molecule has 5 nitrogen and oxygen atoms in total. The highest BCUT2D eigenvalue weighted by molar-refractivity contribution is 6.03. The fraction of sp³-hybridized carbons (Fsp3) is 0.200. The second-order valence-corrected chi connectivity index (χ2v) is 4.59. The minimum absolute atomic E-state index is 0.0638. The second-order valence-electron chi connectivity index (χ2n) is 4.59. The fourth-order valence-corrected chi connectivity index (χ4v) is 1.87. The largest absolute Gasteiger partial charge is 0.481 e. The zero-order valence-electron chi connectivity index (χ0n) is 11.0. The number of furan rings is 1. The summed E-state index contributed by atoms with van der Waals surface area (Å²) in [7, 11) is 0. The molecule has 0 fully saturated rings. The summed E-state index contributed by atoms with van der Waals surface area (Å²) in [6.45, 7) is 1.85. The number of aliphatic carboxylic acids is 1. The number of benzene rings is 1. The van der Waals surface area contributed by atoms with Crippen molar-refractivity contribution in [2.75, 3.05) is 5.32 Å². The van der Waals surface area contributed by atoms with Crippen LogP contribution < -0.4 is 5.32 Å². The minimum atomic E-state index is -0.824. The van der Waals surface area contributed by atoms with Crippen LogP contribution in [0.2, 0.25) is 0 Å². The number of anilines is 1. The lowest BCUT2D eigenvalue weighted by Gasteiger charge is -2.10. The highest BCUT2D eigenvalue weighted by Crippen LogP contribution is 2.21. The zero-order valence-corrected chi connectivity index (χ0v) is 11.0. The number of hydrogen-bond donors (Lipinski definition) is 2. The molecule has 1 amide bonds. The summed E-state index contributed by atoms with van der Waals surface area (Å²) < 4.78 is 4.84. The van der Waals surface area contributed by atoms with Gasteiger partial charge in [0, 0.05) is 5.69 Å². The molecule has 5 heteroatoms. The SMILES string of the molecule is CC(CC(=O)O)c1ccc(NC(=O)c2ccoc2)cc1. The number of carbonyl (C=O) groups is 2. The summed E-state index contributed by atoms with van der Waals surface area (Å²) in [5.74, 6) is -1.13. The molecule has 1 heterocycles. The van der Waals surface area contributed by atoms with Crippen LogP contribution in [0, 0.1) is 0 Å². The third kappa shape index (κ3) is 3.47. The molecule has 104 valence electrons. The summed E-state index contributed by atoms with van der Waals surface area (Å²) in [6.07, 6.45) is 2.89. The minimum Gasteiger partial charge on any atom is -0.481 e. The summed E-state index contributed by atoms with van der Waals surface area (Å²) in [5, 5.41) is 11.5. The van der Waals surface area contributed by atoms with Gasteiger partial charge >= 0.3 is 5.97 Å². The van der Waals surface area contributed by atoms with Gasteiger partial charge in [0.05, 0.1) is 18.2 Å². The predicted octanol–water partition coefficient (Wildman–Crippen LogP) is 3.11. The molecule has 0 aliphatic heterocycles. The smallest absolute Gasteiger partial charge is 0.303 e. The predicted molar refractivity (Wildman–Crippen MR) is 73.8 cm³/mol. The maximum absolute atomic E-state index is 11.8. The molecule has 0 radical (unpaired) electrons. The number of amides is 1. The molecule has 2 aromatic rings. The van der Waals surface area contributed by atoms with Crippen molar-refractivity contribution in [3.63, 3.8) is 0 Å². The van der Waals surface area contributed by atoms with Crippen LogP contribution in [0.3, 0.4) is 0 Å². The zero-order chi connectivity index (χ0) is 14.5. The first-order chi connectivity index (χ1) is 9.56. The molecule has 1 aromatic carbocycles. The number of nitrogens with one attached hydrogen (secondary N) is 1. The Morgan fingerprint density at radius 2 is 1.95 bits per heavy atom. The molecule has 0 spiro atoms. The van der Waals surface area contributed by atoms with Gasteiger partial charge in [-0.3, -0.25) is 9.59 Å². The van der Waals surface area contributed by atoms with Crippen molar-refractivity contribution in [3.05, 3.63) is 54.0 Å². The van der Waals surface area contributed by atoms with Crippen molar-refractivity contribution in [3.8, 4) is 0 Å². The third-order valence-electron chi connectivity index (χ3n) is 3.00. The van der Waals surface area contributed by atoms with Crippen molar-refractivity contribution in [1.29, 1.82) is 0 Å². The lowest BCUT2D eigenvalue weighted by atomic mass is 9.98. The van der Waals surface area contributed by atoms with Crippen LogP contribution in [0.25, 0.3) is 0 Å². The fourth-order valence-electron chi connectivity index (χ4n) is 1.87. The number of hydrogen-bond acceptors (Lipinski definition) is 3. The Morgan fingerprint density at radius 3 is 2.50 bits per heavy atom. The summed E-state index contributed by atoms with van der Waals surface area (Å²) in [6, 6.07) is 8.73. The molecule has 0 bridgehead atoms. The Bertz CT molecular complexity index is 587. The van der Waals surface area contributed by atoms with Crippen LogP contribution in [-0.2, 0) is 4.79 Å². The van der Waals surface area contributed by atoms with Crippen molar-refractivity contribution in [2.24, 2.45) is 0 Å². The van der Waals surface area contributed by atoms with E-state index < -0.39 is 5.97 Å². The topological polar surface area (TPSA) is 79.5 Å². The lowest BCUT2D eigenvalue weighted by molar-refractivity contribution is -0.137. The molecule has 0 saturated carbocycles. The van der Waals surface area contributed by atoms with Gasteiger partial charge in [-0.05, 0) is 29.7 Å². The van der Waals surface area contributed by atoms with E-state index in [0.29, 0.717) is 11.3 Å². The number of carboxylic acid groups (broad SMARTS) is 1. The second kappa shape index (κ2) is 6.06. The molecule has 20 heavy (non-hydrogen) atoms. The Balaban J connectivity index is 2.01. The van der Waals surface area contributed by atoms with Crippen LogP contribution in [-0.4, -0.2) is 17.0 Å². The van der Waals surface area contributed by atoms with E-state index >= 15 is 0 Å². The van der Waals surface area contributed by atoms with Gasteiger partial charge in [0.1, 0.15) is 6.26 Å². The van der Waals surface area contributed by atoms with E-state index in [2.05, 4.69) is 5.32 Å². The standard InChI is InChI=1S/C15H15NO4/c1-10(8-14(17)18)11-2-4-13(5-3-11)16-15(19)12-6-7-20-9-12/h2-7,9-10H,8H2,1H3,(H,16,19)(H,17,18). The highest BCUT2D eigenvalue weighted by atomic mass is 16.4. The van der Waals surface area contributed by atoms with E-state index in [0.717, 1.165) is 5.56 Å². The van der Waals surface area contributed by atoms with Crippen molar-refractivity contribution >= 4 is 17.6 Å². The number of rotatable bonds is 5. The first kappa shape index (κ1) is 13.9. The van der Waals surface area contributed by atoms with Gasteiger partial charge in [0.15, 0.2) is 0 Å². The lowest BCUT2D eigenvalue weighted by Crippen LogP contribution is -2.10. The molecular weight excluding hydrogens is 258 g/mol. The van der Waals surface area contributed by atoms with Gasteiger partial charge in [-0.25, -0.2) is 0 Å². The molecule has 0 aliphatic rings. The molecular formula is C15H15NO4. The average Bonchev–Trinajstić information content (AvgIpc) is 2.92. The normalized spacial score (nSPS) is 11.8. The molecule has 1 atom stereocenters. The van der Waals surface area contributed by atoms with E-state index in [4.69, 9.17) is 9.52 Å². The van der Waals surface area contributed by atoms with Gasteiger partial charge in [-0.1, -0.05) is 19.1 Å². The van der Waals surface area contributed by atoms with Crippen LogP contribution in [0.1, 0.15) is 35.2 Å². The Hall–Kier alpha value is -2.56. The number of carbonyl (C=O) groups excluding carboxylic acids is 1. The summed E-state index contributed by atoms with van der Waals surface area (Å²) in [4.78, 5) is 22.5. The molecule has 1 aromatic heterocycles. The monoisotopic (exact) mass is 273 g/mol. The van der Waals surface area contributed by atoms with E-state index in [9.17, 15) is 9.59 Å². The first-order valence-electron chi connectivity index (χ1n) is 6.21.